The molecule has 6 atom stereocenters. The quantitative estimate of drug-likeness (QED) is 0.620. The van der Waals surface area contributed by atoms with Crippen molar-refractivity contribution in [2.45, 2.75) is 43.6 Å². The van der Waals surface area contributed by atoms with Crippen LogP contribution in [0.3, 0.4) is 0 Å². The van der Waals surface area contributed by atoms with Crippen LogP contribution in [0.15, 0.2) is 18.2 Å². The second kappa shape index (κ2) is 6.50. The molecule has 0 saturated carbocycles. The smallest absolute Gasteiger partial charge is 0.250 e. The van der Waals surface area contributed by atoms with Crippen LogP contribution in [-0.2, 0) is 24.7 Å². The first-order valence-corrected chi connectivity index (χ1v) is 10.3. The lowest BCUT2D eigenvalue weighted by Crippen LogP contribution is -2.55. The molecule has 0 aromatic heterocycles. The Hall–Kier alpha value is -2.00. The number of nitrogens with one attached hydrogen (secondary N) is 2. The van der Waals surface area contributed by atoms with Gasteiger partial charge < -0.3 is 15.2 Å². The summed E-state index contributed by atoms with van der Waals surface area (Å²) in [6, 6.07) is 4.36. The summed E-state index contributed by atoms with van der Waals surface area (Å²) < 4.78 is 5.61. The molecule has 4 heterocycles. The monoisotopic (exact) mass is 419 g/mol. The Morgan fingerprint density at radius 1 is 1.34 bits per heavy atom. The van der Waals surface area contributed by atoms with E-state index < -0.39 is 41.3 Å². The Morgan fingerprint density at radius 3 is 2.83 bits per heavy atom. The van der Waals surface area contributed by atoms with Crippen LogP contribution in [-0.4, -0.2) is 59.1 Å². The highest BCUT2D eigenvalue weighted by Crippen LogP contribution is 2.54. The number of fused-ring (bicyclic) bond motifs is 4. The van der Waals surface area contributed by atoms with Crippen LogP contribution in [0.5, 0.6) is 0 Å². The van der Waals surface area contributed by atoms with E-state index in [0.717, 1.165) is 12.8 Å². The van der Waals surface area contributed by atoms with E-state index in [-0.39, 0.29) is 18.6 Å². The highest BCUT2D eigenvalue weighted by atomic mass is 35.5. The molecule has 3 saturated heterocycles. The van der Waals surface area contributed by atoms with Crippen molar-refractivity contribution in [2.75, 3.05) is 18.5 Å². The lowest BCUT2D eigenvalue weighted by Gasteiger charge is -2.30. The van der Waals surface area contributed by atoms with Gasteiger partial charge in [0.2, 0.25) is 17.7 Å². The number of halogens is 1. The first-order chi connectivity index (χ1) is 13.9. The van der Waals surface area contributed by atoms with Crippen LogP contribution in [0, 0.1) is 11.8 Å². The molecule has 1 aromatic rings. The Kier molecular flexibility index (Phi) is 4.26. The fraction of sp³-hybridized carbons (Fsp3) is 0.550. The lowest BCUT2D eigenvalue weighted by atomic mass is 9.76. The van der Waals surface area contributed by atoms with Gasteiger partial charge in [-0.1, -0.05) is 23.7 Å². The zero-order valence-corrected chi connectivity index (χ0v) is 16.6. The minimum Gasteiger partial charge on any atom is -0.392 e. The summed E-state index contributed by atoms with van der Waals surface area (Å²) in [5.41, 5.74) is -0.465. The predicted octanol–water partition coefficient (Wildman–Crippen LogP) is 0.620. The number of carbonyl (C=O) groups excluding carboxylic acids is 3. The fourth-order valence-corrected chi connectivity index (χ4v) is 5.59. The summed E-state index contributed by atoms with van der Waals surface area (Å²) in [7, 11) is 0. The third-order valence-corrected chi connectivity index (χ3v) is 6.97. The van der Waals surface area contributed by atoms with Gasteiger partial charge in [0.25, 0.3) is 0 Å². The van der Waals surface area contributed by atoms with Gasteiger partial charge >= 0.3 is 0 Å². The Balaban J connectivity index is 1.61. The number of carbonyl (C=O) groups is 3. The third kappa shape index (κ3) is 2.46. The van der Waals surface area contributed by atoms with Crippen molar-refractivity contribution >= 4 is 35.0 Å². The van der Waals surface area contributed by atoms with Crippen molar-refractivity contribution in [3.63, 3.8) is 0 Å². The van der Waals surface area contributed by atoms with Gasteiger partial charge in [0, 0.05) is 18.2 Å². The molecule has 3 N–H and O–H groups in total. The first kappa shape index (κ1) is 19.0. The second-order valence-electron chi connectivity index (χ2n) is 8.26. The number of benzene rings is 1. The maximum absolute atomic E-state index is 13.5. The number of amides is 3. The Bertz CT molecular complexity index is 915. The number of rotatable bonds is 3. The van der Waals surface area contributed by atoms with E-state index >= 15 is 0 Å². The third-order valence-electron chi connectivity index (χ3n) is 6.66. The van der Waals surface area contributed by atoms with E-state index in [1.165, 1.54) is 4.90 Å². The summed E-state index contributed by atoms with van der Waals surface area (Å²) in [6.45, 7) is 2.35. The van der Waals surface area contributed by atoms with Crippen LogP contribution >= 0.6 is 11.6 Å². The van der Waals surface area contributed by atoms with Crippen molar-refractivity contribution in [3.05, 3.63) is 28.8 Å². The van der Waals surface area contributed by atoms with Crippen molar-refractivity contribution in [3.8, 4) is 0 Å². The molecule has 0 aliphatic carbocycles. The molecule has 8 nitrogen and oxygen atoms in total. The minimum atomic E-state index is -1.44. The summed E-state index contributed by atoms with van der Waals surface area (Å²) in [5, 5.41) is 16.7. The molecule has 1 spiro atoms. The number of nitrogens with zero attached hydrogens (tertiary/aromatic N) is 1. The van der Waals surface area contributed by atoms with E-state index in [4.69, 9.17) is 16.3 Å². The minimum absolute atomic E-state index is 0.178. The van der Waals surface area contributed by atoms with Gasteiger partial charge in [-0.25, -0.2) is 0 Å². The normalized spacial score (nSPS) is 36.7. The Labute approximate surface area is 172 Å². The first-order valence-electron chi connectivity index (χ1n) is 9.89. The molecule has 4 aliphatic rings. The Morgan fingerprint density at radius 2 is 2.14 bits per heavy atom. The van der Waals surface area contributed by atoms with E-state index in [0.29, 0.717) is 22.9 Å². The van der Waals surface area contributed by atoms with Crippen LogP contribution in [0.1, 0.15) is 25.3 Å². The van der Waals surface area contributed by atoms with Gasteiger partial charge in [0.1, 0.15) is 5.54 Å². The van der Waals surface area contributed by atoms with Gasteiger partial charge in [-0.2, -0.15) is 0 Å². The zero-order chi connectivity index (χ0) is 20.5. The largest absolute Gasteiger partial charge is 0.392 e. The summed E-state index contributed by atoms with van der Waals surface area (Å²) >= 11 is 6.27. The summed E-state index contributed by atoms with van der Waals surface area (Å²) in [6.07, 6.45) is 0.561. The zero-order valence-electron chi connectivity index (χ0n) is 15.9. The van der Waals surface area contributed by atoms with Crippen molar-refractivity contribution in [1.82, 2.24) is 10.2 Å². The predicted molar refractivity (Wildman–Crippen MR) is 103 cm³/mol. The number of hydrogen-bond acceptors (Lipinski definition) is 6. The molecule has 29 heavy (non-hydrogen) atoms. The highest BCUT2D eigenvalue weighted by Gasteiger charge is 2.71. The molecule has 0 bridgehead atoms. The lowest BCUT2D eigenvalue weighted by molar-refractivity contribution is -0.144. The molecule has 4 aliphatic heterocycles. The maximum atomic E-state index is 13.5. The number of para-hydroxylation sites is 1. The second-order valence-corrected chi connectivity index (χ2v) is 8.67. The van der Waals surface area contributed by atoms with Gasteiger partial charge in [-0.05, 0) is 25.8 Å². The van der Waals surface area contributed by atoms with Gasteiger partial charge in [-0.3, -0.25) is 24.6 Å². The average Bonchev–Trinajstić information content (AvgIpc) is 3.42. The number of anilines is 1. The van der Waals surface area contributed by atoms with Gasteiger partial charge in [0.05, 0.1) is 41.3 Å². The average molecular weight is 420 g/mol. The molecular formula is C20H22ClN3O5. The van der Waals surface area contributed by atoms with Crippen LogP contribution in [0.4, 0.5) is 5.69 Å². The van der Waals surface area contributed by atoms with Gasteiger partial charge in [0.15, 0.2) is 0 Å². The molecule has 0 radical (unpaired) electrons. The molecule has 1 aromatic carbocycles. The highest BCUT2D eigenvalue weighted by molar-refractivity contribution is 6.35. The molecule has 3 fully saturated rings. The van der Waals surface area contributed by atoms with Crippen LogP contribution < -0.4 is 10.6 Å². The standard InChI is InChI=1S/C20H22ClN3O5/c1-9(25)15-13-14(18(27)24(17(13)26)8-10-4-3-7-29-10)20(23-15)11-5-2-6-12(21)16(11)22-19(20)28/h2,5-6,9-10,13-15,23,25H,3-4,7-8H2,1H3,(H,22,28)/t9-,10-,13-,14-,15+,20-/m1/s1. The van der Waals surface area contributed by atoms with Gasteiger partial charge in [-0.15, -0.1) is 0 Å². The molecule has 0 unspecified atom stereocenters. The molecule has 154 valence electrons. The van der Waals surface area contributed by atoms with E-state index in [9.17, 15) is 19.5 Å². The van der Waals surface area contributed by atoms with E-state index in [2.05, 4.69) is 10.6 Å². The number of hydrogen-bond donors (Lipinski definition) is 3. The molecule has 5 rings (SSSR count). The SMILES string of the molecule is C[C@@H](O)[C@@H]1N[C@@]2(C(=O)Nc3c(Cl)cccc32)[C@H]2C(=O)N(C[C@H]3CCCO3)C(=O)[C@@H]12. The number of likely N-dealkylation sites (tertiary alicyclic amines) is 1. The van der Waals surface area contributed by atoms with Crippen LogP contribution in [0.2, 0.25) is 5.02 Å². The van der Waals surface area contributed by atoms with Crippen LogP contribution in [0.25, 0.3) is 0 Å². The van der Waals surface area contributed by atoms with Crippen molar-refractivity contribution in [2.24, 2.45) is 11.8 Å². The summed E-state index contributed by atoms with van der Waals surface area (Å²) in [4.78, 5) is 41.2. The molecule has 3 amide bonds. The number of imide groups is 1. The van der Waals surface area contributed by atoms with Crippen molar-refractivity contribution < 1.29 is 24.2 Å². The topological polar surface area (TPSA) is 108 Å². The number of aliphatic hydroxyl groups excluding tert-OH is 1. The molecule has 9 heteroatoms. The van der Waals surface area contributed by atoms with E-state index in [1.54, 1.807) is 25.1 Å². The van der Waals surface area contributed by atoms with E-state index in [1.807, 2.05) is 0 Å². The maximum Gasteiger partial charge on any atom is 0.250 e. The number of ether oxygens (including phenoxy) is 1. The van der Waals surface area contributed by atoms with Crippen molar-refractivity contribution in [1.29, 1.82) is 0 Å². The number of aliphatic hydroxyl groups is 1. The fourth-order valence-electron chi connectivity index (χ4n) is 5.37. The summed E-state index contributed by atoms with van der Waals surface area (Å²) in [5.74, 6) is -2.99. The molecular weight excluding hydrogens is 398 g/mol.